The highest BCUT2D eigenvalue weighted by molar-refractivity contribution is 5.93. The zero-order valence-electron chi connectivity index (χ0n) is 15.7. The molecule has 2 rings (SSSR count). The van der Waals surface area contributed by atoms with Crippen LogP contribution in [0.2, 0.25) is 0 Å². The molecule has 25 heavy (non-hydrogen) atoms. The van der Waals surface area contributed by atoms with Gasteiger partial charge in [-0.2, -0.15) is 0 Å². The summed E-state index contributed by atoms with van der Waals surface area (Å²) in [6, 6.07) is 3.60. The second-order valence-corrected chi connectivity index (χ2v) is 7.06. The summed E-state index contributed by atoms with van der Waals surface area (Å²) in [4.78, 5) is 14.6. The van der Waals surface area contributed by atoms with E-state index in [0.29, 0.717) is 29.5 Å². The Morgan fingerprint density at radius 1 is 1.24 bits per heavy atom. The van der Waals surface area contributed by atoms with Crippen molar-refractivity contribution < 1.29 is 19.0 Å². The van der Waals surface area contributed by atoms with E-state index in [0.717, 1.165) is 19.5 Å². The molecule has 1 aromatic rings. The van der Waals surface area contributed by atoms with E-state index in [-0.39, 0.29) is 17.4 Å². The van der Waals surface area contributed by atoms with Crippen molar-refractivity contribution in [3.05, 3.63) is 12.1 Å². The molecule has 1 aliphatic heterocycles. The summed E-state index contributed by atoms with van der Waals surface area (Å²) in [5, 5.41) is 2.90. The maximum absolute atomic E-state index is 12.4. The van der Waals surface area contributed by atoms with E-state index in [2.05, 4.69) is 24.1 Å². The second kappa shape index (κ2) is 7.93. The predicted molar refractivity (Wildman–Crippen MR) is 97.5 cm³/mol. The Balaban J connectivity index is 2.05. The molecule has 0 spiro atoms. The zero-order valence-corrected chi connectivity index (χ0v) is 15.7. The van der Waals surface area contributed by atoms with Gasteiger partial charge in [-0.1, -0.05) is 13.8 Å². The molecule has 1 unspecified atom stereocenters. The van der Waals surface area contributed by atoms with Gasteiger partial charge < -0.3 is 25.3 Å². The molecular weight excluding hydrogens is 322 g/mol. The molecule has 140 valence electrons. The van der Waals surface area contributed by atoms with E-state index in [1.54, 1.807) is 33.5 Å². The SMILES string of the molecule is COc1cc(NC(=O)CN2CCC(N)C(C)(C)C2)cc(OC)c1OC. The van der Waals surface area contributed by atoms with Crippen molar-refractivity contribution in [2.24, 2.45) is 11.1 Å². The summed E-state index contributed by atoms with van der Waals surface area (Å²) in [6.07, 6.45) is 0.893. The number of amides is 1. The maximum Gasteiger partial charge on any atom is 0.238 e. The van der Waals surface area contributed by atoms with Crippen molar-refractivity contribution in [2.45, 2.75) is 26.3 Å². The van der Waals surface area contributed by atoms with Crippen LogP contribution in [0.25, 0.3) is 0 Å². The highest BCUT2D eigenvalue weighted by Gasteiger charge is 2.33. The number of hydrogen-bond acceptors (Lipinski definition) is 6. The van der Waals surface area contributed by atoms with Crippen LogP contribution in [0.4, 0.5) is 5.69 Å². The number of ether oxygens (including phenoxy) is 3. The number of nitrogens with two attached hydrogens (primary N) is 1. The van der Waals surface area contributed by atoms with Gasteiger partial charge in [0.25, 0.3) is 0 Å². The number of methoxy groups -OCH3 is 3. The van der Waals surface area contributed by atoms with Crippen molar-refractivity contribution in [3.8, 4) is 17.2 Å². The molecule has 0 aromatic heterocycles. The van der Waals surface area contributed by atoms with E-state index in [4.69, 9.17) is 19.9 Å². The van der Waals surface area contributed by atoms with Gasteiger partial charge in [-0.25, -0.2) is 0 Å². The first-order chi connectivity index (χ1) is 11.8. The van der Waals surface area contributed by atoms with Gasteiger partial charge in [0.2, 0.25) is 11.7 Å². The van der Waals surface area contributed by atoms with Gasteiger partial charge in [-0.15, -0.1) is 0 Å². The number of rotatable bonds is 6. The van der Waals surface area contributed by atoms with Crippen LogP contribution in [0.5, 0.6) is 17.2 Å². The fourth-order valence-electron chi connectivity index (χ4n) is 3.18. The quantitative estimate of drug-likeness (QED) is 0.811. The number of anilines is 1. The summed E-state index contributed by atoms with van der Waals surface area (Å²) >= 11 is 0. The Hall–Kier alpha value is -1.99. The first-order valence-electron chi connectivity index (χ1n) is 8.38. The predicted octanol–water partition coefficient (Wildman–Crippen LogP) is 1.71. The molecule has 3 N–H and O–H groups in total. The molecule has 7 heteroatoms. The van der Waals surface area contributed by atoms with Gasteiger partial charge in [-0.05, 0) is 11.8 Å². The normalized spacial score (nSPS) is 20.0. The molecule has 0 aliphatic carbocycles. The number of benzene rings is 1. The molecule has 1 atom stereocenters. The molecule has 0 radical (unpaired) electrons. The van der Waals surface area contributed by atoms with E-state index in [9.17, 15) is 4.79 Å². The lowest BCUT2D eigenvalue weighted by Crippen LogP contribution is -2.53. The lowest BCUT2D eigenvalue weighted by atomic mass is 9.80. The molecule has 0 bridgehead atoms. The number of hydrogen-bond donors (Lipinski definition) is 2. The lowest BCUT2D eigenvalue weighted by Gasteiger charge is -2.42. The average molecular weight is 351 g/mol. The van der Waals surface area contributed by atoms with E-state index in [1.165, 1.54) is 0 Å². The van der Waals surface area contributed by atoms with Crippen LogP contribution in [0.1, 0.15) is 20.3 Å². The summed E-state index contributed by atoms with van der Waals surface area (Å²) < 4.78 is 15.9. The molecule has 1 aliphatic rings. The Kier molecular flexibility index (Phi) is 6.13. The fraction of sp³-hybridized carbons (Fsp3) is 0.611. The lowest BCUT2D eigenvalue weighted by molar-refractivity contribution is -0.118. The van der Waals surface area contributed by atoms with Crippen LogP contribution in [-0.2, 0) is 4.79 Å². The van der Waals surface area contributed by atoms with E-state index in [1.807, 2.05) is 0 Å². The first-order valence-corrected chi connectivity index (χ1v) is 8.38. The third-order valence-electron chi connectivity index (χ3n) is 4.71. The molecule has 1 heterocycles. The highest BCUT2D eigenvalue weighted by atomic mass is 16.5. The van der Waals surface area contributed by atoms with Crippen LogP contribution in [-0.4, -0.2) is 57.8 Å². The monoisotopic (exact) mass is 351 g/mol. The Morgan fingerprint density at radius 2 is 1.84 bits per heavy atom. The van der Waals surface area contributed by atoms with Gasteiger partial charge in [0.05, 0.1) is 27.9 Å². The van der Waals surface area contributed by atoms with Crippen molar-refractivity contribution in [2.75, 3.05) is 46.3 Å². The minimum Gasteiger partial charge on any atom is -0.493 e. The van der Waals surface area contributed by atoms with Gasteiger partial charge in [0.1, 0.15) is 0 Å². The highest BCUT2D eigenvalue weighted by Crippen LogP contribution is 2.39. The van der Waals surface area contributed by atoms with Crippen LogP contribution in [0, 0.1) is 5.41 Å². The van der Waals surface area contributed by atoms with Gasteiger partial charge in [0, 0.05) is 37.0 Å². The third kappa shape index (κ3) is 4.55. The minimum atomic E-state index is -0.0828. The summed E-state index contributed by atoms with van der Waals surface area (Å²) in [5.74, 6) is 1.42. The minimum absolute atomic E-state index is 0.00504. The zero-order chi connectivity index (χ0) is 18.6. The van der Waals surface area contributed by atoms with Crippen LogP contribution in [0.15, 0.2) is 12.1 Å². The fourth-order valence-corrected chi connectivity index (χ4v) is 3.18. The Bertz CT molecular complexity index is 593. The molecular formula is C18H29N3O4. The standard InChI is InChI=1S/C18H29N3O4/c1-18(2)11-21(7-6-15(18)19)10-16(22)20-12-8-13(23-3)17(25-5)14(9-12)24-4/h8-9,15H,6-7,10-11,19H2,1-5H3,(H,20,22). The number of carbonyl (C=O) groups excluding carboxylic acids is 1. The maximum atomic E-state index is 12.4. The smallest absolute Gasteiger partial charge is 0.238 e. The Morgan fingerprint density at radius 3 is 2.32 bits per heavy atom. The number of likely N-dealkylation sites (tertiary alicyclic amines) is 1. The number of nitrogens with one attached hydrogen (secondary N) is 1. The van der Waals surface area contributed by atoms with Crippen LogP contribution in [0.3, 0.4) is 0 Å². The summed E-state index contributed by atoms with van der Waals surface area (Å²) in [5.41, 5.74) is 6.76. The van der Waals surface area contributed by atoms with Gasteiger partial charge >= 0.3 is 0 Å². The number of piperidine rings is 1. The van der Waals surface area contributed by atoms with Crippen molar-refractivity contribution in [3.63, 3.8) is 0 Å². The topological polar surface area (TPSA) is 86.1 Å². The average Bonchev–Trinajstić information content (AvgIpc) is 2.56. The van der Waals surface area contributed by atoms with Crippen LogP contribution < -0.4 is 25.3 Å². The van der Waals surface area contributed by atoms with E-state index < -0.39 is 0 Å². The van der Waals surface area contributed by atoms with Crippen molar-refractivity contribution >= 4 is 11.6 Å². The summed E-state index contributed by atoms with van der Waals surface area (Å²) in [7, 11) is 4.63. The molecule has 1 saturated heterocycles. The summed E-state index contributed by atoms with van der Waals surface area (Å²) in [6.45, 7) is 6.23. The largest absolute Gasteiger partial charge is 0.493 e. The van der Waals surface area contributed by atoms with Crippen LogP contribution >= 0.6 is 0 Å². The first kappa shape index (κ1) is 19.3. The molecule has 7 nitrogen and oxygen atoms in total. The van der Waals surface area contributed by atoms with Crippen molar-refractivity contribution in [1.29, 1.82) is 0 Å². The number of nitrogens with zero attached hydrogens (tertiary/aromatic N) is 1. The molecule has 0 saturated carbocycles. The molecule has 1 amide bonds. The number of carbonyl (C=O) groups is 1. The van der Waals surface area contributed by atoms with E-state index >= 15 is 0 Å². The molecule has 1 fully saturated rings. The Labute approximate surface area is 149 Å². The van der Waals surface area contributed by atoms with Crippen molar-refractivity contribution in [1.82, 2.24) is 4.90 Å². The molecule has 1 aromatic carbocycles. The van der Waals surface area contributed by atoms with Gasteiger partial charge in [0.15, 0.2) is 11.5 Å². The third-order valence-corrected chi connectivity index (χ3v) is 4.71. The second-order valence-electron chi connectivity index (χ2n) is 7.06. The van der Waals surface area contributed by atoms with Gasteiger partial charge in [-0.3, -0.25) is 9.69 Å².